The van der Waals surface area contributed by atoms with Gasteiger partial charge in [-0.15, -0.1) is 0 Å². The number of aromatic amines is 1. The number of carbonyl (C=O) groups is 1. The highest BCUT2D eigenvalue weighted by Crippen LogP contribution is 2.29. The van der Waals surface area contributed by atoms with Gasteiger partial charge >= 0.3 is 0 Å². The third-order valence-electron chi connectivity index (χ3n) is 4.47. The summed E-state index contributed by atoms with van der Waals surface area (Å²) in [4.78, 5) is 12.6. The molecule has 9 heteroatoms. The Labute approximate surface area is 187 Å². The molecule has 0 aliphatic heterocycles. The summed E-state index contributed by atoms with van der Waals surface area (Å²) in [5, 5.41) is 15.8. The number of nitrogens with zero attached hydrogens (tertiary/aromatic N) is 3. The molecule has 0 atom stereocenters. The molecular formula is C21H16Cl3N5O. The van der Waals surface area contributed by atoms with E-state index in [1.807, 2.05) is 31.2 Å². The van der Waals surface area contributed by atoms with Crippen molar-refractivity contribution < 1.29 is 4.79 Å². The van der Waals surface area contributed by atoms with E-state index in [0.717, 1.165) is 11.3 Å². The fraction of sp³-hybridized carbons (Fsp3) is 0.0952. The lowest BCUT2D eigenvalue weighted by Crippen LogP contribution is -2.13. The van der Waals surface area contributed by atoms with Crippen molar-refractivity contribution >= 4 is 46.5 Å². The van der Waals surface area contributed by atoms with Crippen molar-refractivity contribution in [1.82, 2.24) is 20.0 Å². The number of carbonyl (C=O) groups excluding carboxylic acids is 1. The molecule has 0 fully saturated rings. The van der Waals surface area contributed by atoms with Gasteiger partial charge in [-0.05, 0) is 48.9 Å². The Kier molecular flexibility index (Phi) is 5.81. The fourth-order valence-corrected chi connectivity index (χ4v) is 3.71. The van der Waals surface area contributed by atoms with E-state index in [-0.39, 0.29) is 11.6 Å². The lowest BCUT2D eigenvalue weighted by molar-refractivity contribution is 0.102. The van der Waals surface area contributed by atoms with Gasteiger partial charge in [0.2, 0.25) is 0 Å². The molecule has 152 valence electrons. The highest BCUT2D eigenvalue weighted by atomic mass is 35.5. The Balaban J connectivity index is 1.49. The normalized spacial score (nSPS) is 10.9. The van der Waals surface area contributed by atoms with Crippen LogP contribution in [0.2, 0.25) is 15.1 Å². The largest absolute Gasteiger partial charge is 0.304 e. The van der Waals surface area contributed by atoms with Crippen LogP contribution in [-0.4, -0.2) is 25.9 Å². The molecule has 2 heterocycles. The van der Waals surface area contributed by atoms with Gasteiger partial charge in [-0.1, -0.05) is 46.9 Å². The molecule has 1 amide bonds. The number of benzene rings is 2. The highest BCUT2D eigenvalue weighted by molar-refractivity contribution is 6.36. The molecule has 2 aromatic heterocycles. The average Bonchev–Trinajstić information content (AvgIpc) is 3.29. The van der Waals surface area contributed by atoms with Crippen LogP contribution in [0.1, 0.15) is 21.7 Å². The molecule has 30 heavy (non-hydrogen) atoms. The number of anilines is 1. The Morgan fingerprint density at radius 1 is 1.07 bits per heavy atom. The van der Waals surface area contributed by atoms with Gasteiger partial charge in [0.15, 0.2) is 5.82 Å². The second-order valence-corrected chi connectivity index (χ2v) is 7.98. The predicted molar refractivity (Wildman–Crippen MR) is 120 cm³/mol. The van der Waals surface area contributed by atoms with Crippen molar-refractivity contribution in [2.75, 3.05) is 5.32 Å². The standard InChI is InChI=1S/C21H16Cl3N5O/c1-12-7-20(28-29(12)11-13-3-2-4-14(22)8-13)25-21(30)19-10-18(26-27-19)16-6-5-15(23)9-17(16)24/h2-10H,11H2,1H3,(H,26,27)(H,25,28,30). The monoisotopic (exact) mass is 459 g/mol. The number of hydrogen-bond donors (Lipinski definition) is 2. The minimum atomic E-state index is -0.355. The Morgan fingerprint density at radius 3 is 2.63 bits per heavy atom. The minimum Gasteiger partial charge on any atom is -0.304 e. The predicted octanol–water partition coefficient (Wildman–Crippen LogP) is 5.84. The molecule has 6 nitrogen and oxygen atoms in total. The summed E-state index contributed by atoms with van der Waals surface area (Å²) >= 11 is 18.2. The Bertz CT molecular complexity index is 1230. The first-order valence-corrected chi connectivity index (χ1v) is 10.1. The van der Waals surface area contributed by atoms with E-state index in [0.29, 0.717) is 38.7 Å². The summed E-state index contributed by atoms with van der Waals surface area (Å²) < 4.78 is 1.80. The second kappa shape index (κ2) is 8.52. The van der Waals surface area contributed by atoms with E-state index in [4.69, 9.17) is 34.8 Å². The molecule has 0 radical (unpaired) electrons. The van der Waals surface area contributed by atoms with Crippen LogP contribution in [-0.2, 0) is 6.54 Å². The summed E-state index contributed by atoms with van der Waals surface area (Å²) in [5.41, 5.74) is 3.44. The van der Waals surface area contributed by atoms with Gasteiger partial charge in [-0.3, -0.25) is 14.6 Å². The molecular weight excluding hydrogens is 445 g/mol. The van der Waals surface area contributed by atoms with Gasteiger partial charge in [0, 0.05) is 27.4 Å². The third-order valence-corrected chi connectivity index (χ3v) is 5.26. The van der Waals surface area contributed by atoms with Gasteiger partial charge in [-0.25, -0.2) is 0 Å². The molecule has 4 aromatic rings. The molecule has 4 rings (SSSR count). The molecule has 2 aromatic carbocycles. The van der Waals surface area contributed by atoms with Crippen LogP contribution < -0.4 is 5.32 Å². The molecule has 0 aliphatic rings. The summed E-state index contributed by atoms with van der Waals surface area (Å²) in [6, 6.07) is 16.1. The van der Waals surface area contributed by atoms with Crippen molar-refractivity contribution in [2.45, 2.75) is 13.5 Å². The summed E-state index contributed by atoms with van der Waals surface area (Å²) in [6.07, 6.45) is 0. The number of rotatable bonds is 5. The molecule has 0 bridgehead atoms. The zero-order valence-corrected chi connectivity index (χ0v) is 18.1. The Hall–Kier alpha value is -2.80. The quantitative estimate of drug-likeness (QED) is 0.393. The summed E-state index contributed by atoms with van der Waals surface area (Å²) in [7, 11) is 0. The zero-order chi connectivity index (χ0) is 21.3. The van der Waals surface area contributed by atoms with Crippen LogP contribution in [0.3, 0.4) is 0 Å². The van der Waals surface area contributed by atoms with E-state index >= 15 is 0 Å². The lowest BCUT2D eigenvalue weighted by Gasteiger charge is -2.05. The van der Waals surface area contributed by atoms with Crippen molar-refractivity contribution in [3.8, 4) is 11.3 Å². The smallest absolute Gasteiger partial charge is 0.274 e. The second-order valence-electron chi connectivity index (χ2n) is 6.70. The number of aryl methyl sites for hydroxylation is 1. The number of amides is 1. The van der Waals surface area contributed by atoms with Crippen molar-refractivity contribution in [1.29, 1.82) is 0 Å². The number of halogens is 3. The molecule has 0 unspecified atom stereocenters. The van der Waals surface area contributed by atoms with E-state index in [2.05, 4.69) is 20.6 Å². The van der Waals surface area contributed by atoms with Gasteiger partial charge < -0.3 is 5.32 Å². The van der Waals surface area contributed by atoms with E-state index in [9.17, 15) is 4.79 Å². The molecule has 0 saturated carbocycles. The van der Waals surface area contributed by atoms with E-state index in [1.165, 1.54) is 0 Å². The molecule has 0 saturated heterocycles. The van der Waals surface area contributed by atoms with Gasteiger partial charge in [0.1, 0.15) is 5.69 Å². The molecule has 0 spiro atoms. The zero-order valence-electron chi connectivity index (χ0n) is 15.8. The maximum absolute atomic E-state index is 12.6. The fourth-order valence-electron chi connectivity index (χ4n) is 3.00. The van der Waals surface area contributed by atoms with Gasteiger partial charge in [-0.2, -0.15) is 10.2 Å². The maximum Gasteiger partial charge on any atom is 0.274 e. The van der Waals surface area contributed by atoms with E-state index < -0.39 is 0 Å². The maximum atomic E-state index is 12.6. The third kappa shape index (κ3) is 4.51. The van der Waals surface area contributed by atoms with Gasteiger partial charge in [0.05, 0.1) is 17.3 Å². The molecule has 2 N–H and O–H groups in total. The average molecular weight is 461 g/mol. The number of hydrogen-bond acceptors (Lipinski definition) is 3. The topological polar surface area (TPSA) is 75.6 Å². The number of aromatic nitrogens is 4. The lowest BCUT2D eigenvalue weighted by atomic mass is 10.1. The van der Waals surface area contributed by atoms with Crippen LogP contribution in [0.15, 0.2) is 54.6 Å². The summed E-state index contributed by atoms with van der Waals surface area (Å²) in [6.45, 7) is 2.47. The van der Waals surface area contributed by atoms with E-state index in [1.54, 1.807) is 35.0 Å². The van der Waals surface area contributed by atoms with Crippen molar-refractivity contribution in [3.63, 3.8) is 0 Å². The van der Waals surface area contributed by atoms with Crippen molar-refractivity contribution in [3.05, 3.63) is 86.6 Å². The SMILES string of the molecule is Cc1cc(NC(=O)c2cc(-c3ccc(Cl)cc3Cl)n[nH]2)nn1Cc1cccc(Cl)c1. The minimum absolute atomic E-state index is 0.290. The first-order chi connectivity index (χ1) is 14.4. The van der Waals surface area contributed by atoms with Crippen LogP contribution >= 0.6 is 34.8 Å². The first-order valence-electron chi connectivity index (χ1n) is 9.00. The van der Waals surface area contributed by atoms with Crippen LogP contribution in [0.4, 0.5) is 5.82 Å². The first kappa shape index (κ1) is 20.5. The van der Waals surface area contributed by atoms with Gasteiger partial charge in [0.25, 0.3) is 5.91 Å². The van der Waals surface area contributed by atoms with Crippen LogP contribution in [0.5, 0.6) is 0 Å². The number of H-pyrrole nitrogens is 1. The van der Waals surface area contributed by atoms with Crippen molar-refractivity contribution in [2.24, 2.45) is 0 Å². The Morgan fingerprint density at radius 2 is 1.87 bits per heavy atom. The van der Waals surface area contributed by atoms with Crippen LogP contribution in [0, 0.1) is 6.92 Å². The molecule has 0 aliphatic carbocycles. The van der Waals surface area contributed by atoms with Crippen LogP contribution in [0.25, 0.3) is 11.3 Å². The number of nitrogens with one attached hydrogen (secondary N) is 2. The summed E-state index contributed by atoms with van der Waals surface area (Å²) in [5.74, 6) is 0.0893. The highest BCUT2D eigenvalue weighted by Gasteiger charge is 2.15.